The number of benzene rings is 1. The van der Waals surface area contributed by atoms with E-state index in [4.69, 9.17) is 0 Å². The largest absolute Gasteiger partial charge is 0.388 e. The minimum absolute atomic E-state index is 0.0764. The molecule has 1 aromatic carbocycles. The summed E-state index contributed by atoms with van der Waals surface area (Å²) in [5.74, 6) is -0.0764. The molecule has 2 aromatic rings. The Morgan fingerprint density at radius 1 is 1.40 bits per heavy atom. The fraction of sp³-hybridized carbons (Fsp3) is 0.333. The molecule has 0 aliphatic carbocycles. The van der Waals surface area contributed by atoms with Crippen molar-refractivity contribution in [3.63, 3.8) is 0 Å². The Balaban J connectivity index is 2.01. The van der Waals surface area contributed by atoms with Crippen LogP contribution in [0.2, 0.25) is 0 Å². The molecule has 0 radical (unpaired) electrons. The smallest absolute Gasteiger partial charge is 0.276 e. The van der Waals surface area contributed by atoms with Gasteiger partial charge in [0.05, 0.1) is 11.8 Å². The predicted molar refractivity (Wildman–Crippen MR) is 75.6 cm³/mol. The van der Waals surface area contributed by atoms with Crippen molar-refractivity contribution in [3.8, 4) is 0 Å². The van der Waals surface area contributed by atoms with Crippen molar-refractivity contribution in [1.29, 1.82) is 0 Å². The lowest BCUT2D eigenvalue weighted by Crippen LogP contribution is -2.37. The van der Waals surface area contributed by atoms with E-state index < -0.39 is 6.10 Å². The lowest BCUT2D eigenvalue weighted by Gasteiger charge is -2.32. The second-order valence-electron chi connectivity index (χ2n) is 5.11. The number of fused-ring (bicyclic) bond motifs is 1. The number of hydrogen-bond donors (Lipinski definition) is 1. The quantitative estimate of drug-likeness (QED) is 0.860. The standard InChI is InChI=1S/C15H17N3O2/c1-10-9-13(17(2)16-10)15(20)18-8-7-14(19)11-5-3-4-6-12(11)18/h3-6,9,14,19H,7-8H2,1-2H3. The Labute approximate surface area is 117 Å². The Morgan fingerprint density at radius 3 is 2.85 bits per heavy atom. The third kappa shape index (κ3) is 2.00. The van der Waals surface area contributed by atoms with E-state index in [1.165, 1.54) is 0 Å². The van der Waals surface area contributed by atoms with Crippen LogP contribution in [0.5, 0.6) is 0 Å². The molecule has 5 nitrogen and oxygen atoms in total. The highest BCUT2D eigenvalue weighted by molar-refractivity contribution is 6.05. The summed E-state index contributed by atoms with van der Waals surface area (Å²) < 4.78 is 1.60. The zero-order chi connectivity index (χ0) is 14.3. The van der Waals surface area contributed by atoms with Gasteiger partial charge in [0.2, 0.25) is 0 Å². The van der Waals surface area contributed by atoms with Crippen LogP contribution < -0.4 is 4.90 Å². The van der Waals surface area contributed by atoms with E-state index in [1.807, 2.05) is 31.2 Å². The van der Waals surface area contributed by atoms with E-state index in [1.54, 1.807) is 22.7 Å². The molecular weight excluding hydrogens is 254 g/mol. The molecule has 20 heavy (non-hydrogen) atoms. The Morgan fingerprint density at radius 2 is 2.15 bits per heavy atom. The van der Waals surface area contributed by atoms with Crippen molar-refractivity contribution < 1.29 is 9.90 Å². The van der Waals surface area contributed by atoms with Gasteiger partial charge in [0, 0.05) is 24.8 Å². The first-order valence-electron chi connectivity index (χ1n) is 6.67. The van der Waals surface area contributed by atoms with E-state index in [0.29, 0.717) is 18.7 Å². The second-order valence-corrected chi connectivity index (χ2v) is 5.11. The summed E-state index contributed by atoms with van der Waals surface area (Å²) in [7, 11) is 1.77. The van der Waals surface area contributed by atoms with Gasteiger partial charge in [-0.15, -0.1) is 0 Å². The minimum atomic E-state index is -0.497. The van der Waals surface area contributed by atoms with Gasteiger partial charge in [-0.2, -0.15) is 5.10 Å². The third-order valence-corrected chi connectivity index (χ3v) is 3.68. The molecule has 0 saturated heterocycles. The molecule has 1 unspecified atom stereocenters. The molecule has 2 heterocycles. The van der Waals surface area contributed by atoms with Gasteiger partial charge in [0.1, 0.15) is 5.69 Å². The maximum atomic E-state index is 12.7. The van der Waals surface area contributed by atoms with Crippen molar-refractivity contribution in [1.82, 2.24) is 9.78 Å². The van der Waals surface area contributed by atoms with Crippen molar-refractivity contribution in [2.45, 2.75) is 19.4 Å². The summed E-state index contributed by atoms with van der Waals surface area (Å²) in [6.45, 7) is 2.38. The van der Waals surface area contributed by atoms with Gasteiger partial charge in [-0.25, -0.2) is 0 Å². The molecule has 0 saturated carbocycles. The van der Waals surface area contributed by atoms with Gasteiger partial charge in [-0.05, 0) is 25.5 Å². The molecule has 1 atom stereocenters. The normalized spacial score (nSPS) is 17.9. The highest BCUT2D eigenvalue weighted by Crippen LogP contribution is 2.34. The van der Waals surface area contributed by atoms with Crippen LogP contribution in [0.1, 0.15) is 34.3 Å². The zero-order valence-electron chi connectivity index (χ0n) is 11.6. The summed E-state index contributed by atoms with van der Waals surface area (Å²) in [4.78, 5) is 14.4. The van der Waals surface area contributed by atoms with Crippen LogP contribution in [0.25, 0.3) is 0 Å². The fourth-order valence-electron chi connectivity index (χ4n) is 2.70. The molecule has 1 aliphatic rings. The molecule has 3 rings (SSSR count). The van der Waals surface area contributed by atoms with Gasteiger partial charge in [0.25, 0.3) is 5.91 Å². The number of rotatable bonds is 1. The molecule has 5 heteroatoms. The lowest BCUT2D eigenvalue weighted by molar-refractivity contribution is 0.0961. The number of amides is 1. The molecule has 0 fully saturated rings. The van der Waals surface area contributed by atoms with E-state index in [0.717, 1.165) is 16.9 Å². The summed E-state index contributed by atoms with van der Waals surface area (Å²) in [5.41, 5.74) is 2.98. The molecule has 0 bridgehead atoms. The van der Waals surface area contributed by atoms with Crippen LogP contribution >= 0.6 is 0 Å². The third-order valence-electron chi connectivity index (χ3n) is 3.68. The summed E-state index contributed by atoms with van der Waals surface area (Å²) >= 11 is 0. The SMILES string of the molecule is Cc1cc(C(=O)N2CCC(O)c3ccccc32)n(C)n1. The van der Waals surface area contributed by atoms with Gasteiger partial charge in [0.15, 0.2) is 0 Å². The van der Waals surface area contributed by atoms with Crippen LogP contribution in [0.15, 0.2) is 30.3 Å². The van der Waals surface area contributed by atoms with Gasteiger partial charge in [-0.3, -0.25) is 9.48 Å². The number of aliphatic hydroxyl groups excluding tert-OH is 1. The highest BCUT2D eigenvalue weighted by Gasteiger charge is 2.29. The van der Waals surface area contributed by atoms with Crippen LogP contribution in [0.4, 0.5) is 5.69 Å². The van der Waals surface area contributed by atoms with Crippen molar-refractivity contribution in [3.05, 3.63) is 47.3 Å². The summed E-state index contributed by atoms with van der Waals surface area (Å²) in [5, 5.41) is 14.3. The number of carbonyl (C=O) groups excluding carboxylic acids is 1. The predicted octanol–water partition coefficient (Wildman–Crippen LogP) is 1.81. The van der Waals surface area contributed by atoms with Crippen molar-refractivity contribution >= 4 is 11.6 Å². The number of para-hydroxylation sites is 1. The number of aromatic nitrogens is 2. The Bertz CT molecular complexity index is 663. The van der Waals surface area contributed by atoms with Gasteiger partial charge in [-0.1, -0.05) is 18.2 Å². The number of aliphatic hydroxyl groups is 1. The average Bonchev–Trinajstić information content (AvgIpc) is 2.78. The number of anilines is 1. The van der Waals surface area contributed by atoms with E-state index >= 15 is 0 Å². The van der Waals surface area contributed by atoms with Crippen LogP contribution in [0.3, 0.4) is 0 Å². The monoisotopic (exact) mass is 271 g/mol. The molecule has 1 aromatic heterocycles. The Kier molecular flexibility index (Phi) is 3.06. The number of carbonyl (C=O) groups is 1. The average molecular weight is 271 g/mol. The summed E-state index contributed by atoms with van der Waals surface area (Å²) in [6.07, 6.45) is 0.0584. The van der Waals surface area contributed by atoms with Crippen LogP contribution in [-0.2, 0) is 7.05 Å². The first-order valence-corrected chi connectivity index (χ1v) is 6.67. The second kappa shape index (κ2) is 4.76. The van der Waals surface area contributed by atoms with Gasteiger partial charge >= 0.3 is 0 Å². The molecule has 1 N–H and O–H groups in total. The Hall–Kier alpha value is -2.14. The number of hydrogen-bond acceptors (Lipinski definition) is 3. The molecular formula is C15H17N3O2. The topological polar surface area (TPSA) is 58.4 Å². The molecule has 1 amide bonds. The van der Waals surface area contributed by atoms with Crippen LogP contribution in [-0.4, -0.2) is 27.3 Å². The number of nitrogens with zero attached hydrogens (tertiary/aromatic N) is 3. The van der Waals surface area contributed by atoms with E-state index in [-0.39, 0.29) is 5.91 Å². The number of aryl methyl sites for hydroxylation is 2. The van der Waals surface area contributed by atoms with Gasteiger partial charge < -0.3 is 10.0 Å². The van der Waals surface area contributed by atoms with Crippen molar-refractivity contribution in [2.24, 2.45) is 7.05 Å². The minimum Gasteiger partial charge on any atom is -0.388 e. The highest BCUT2D eigenvalue weighted by atomic mass is 16.3. The first-order chi connectivity index (χ1) is 9.58. The maximum Gasteiger partial charge on any atom is 0.276 e. The fourth-order valence-corrected chi connectivity index (χ4v) is 2.70. The van der Waals surface area contributed by atoms with E-state index in [2.05, 4.69) is 5.10 Å². The molecule has 0 spiro atoms. The maximum absolute atomic E-state index is 12.7. The lowest BCUT2D eigenvalue weighted by atomic mass is 9.98. The van der Waals surface area contributed by atoms with E-state index in [9.17, 15) is 9.90 Å². The first kappa shape index (κ1) is 12.9. The molecule has 1 aliphatic heterocycles. The molecule has 104 valence electrons. The zero-order valence-corrected chi connectivity index (χ0v) is 11.6. The van der Waals surface area contributed by atoms with Crippen molar-refractivity contribution in [2.75, 3.05) is 11.4 Å². The van der Waals surface area contributed by atoms with Crippen LogP contribution in [0, 0.1) is 6.92 Å². The summed E-state index contributed by atoms with van der Waals surface area (Å²) in [6, 6.07) is 9.29.